The summed E-state index contributed by atoms with van der Waals surface area (Å²) in [6, 6.07) is 2.32. The number of nitrogens with zero attached hydrogens (tertiary/aromatic N) is 4. The summed E-state index contributed by atoms with van der Waals surface area (Å²) in [7, 11) is -9.05. The van der Waals surface area contributed by atoms with E-state index in [1.807, 2.05) is 0 Å². The van der Waals surface area contributed by atoms with Gasteiger partial charge in [-0.3, -0.25) is 0 Å². The maximum absolute atomic E-state index is 12.8. The van der Waals surface area contributed by atoms with Gasteiger partial charge < -0.3 is 21.1 Å². The lowest BCUT2D eigenvalue weighted by atomic mass is 10.1. The summed E-state index contributed by atoms with van der Waals surface area (Å²) >= 11 is 0. The molecule has 0 bridgehead atoms. The highest BCUT2D eigenvalue weighted by Gasteiger charge is 2.32. The molecule has 162 valence electrons. The maximum Gasteiger partial charge on any atom is 0.242 e. The molecule has 0 spiro atoms. The summed E-state index contributed by atoms with van der Waals surface area (Å²) < 4.78 is 52.6. The lowest BCUT2D eigenvalue weighted by molar-refractivity contribution is 0.186. The summed E-state index contributed by atoms with van der Waals surface area (Å²) in [6.07, 6.45) is 1.79. The summed E-state index contributed by atoms with van der Waals surface area (Å²) in [4.78, 5) is 5.30. The van der Waals surface area contributed by atoms with Gasteiger partial charge >= 0.3 is 0 Å². The summed E-state index contributed by atoms with van der Waals surface area (Å²) in [5.74, 6) is 0.00652. The largest absolute Gasteiger partial charge is 0.390 e. The van der Waals surface area contributed by atoms with E-state index in [-0.39, 0.29) is 29.6 Å². The van der Waals surface area contributed by atoms with Crippen LogP contribution in [0.15, 0.2) is 34.3 Å². The normalized spacial score (nSPS) is 13.3. The molecule has 0 aliphatic rings. The molecule has 0 aliphatic heterocycles. The molecular formula is C13H18N10O5S2. The van der Waals surface area contributed by atoms with Gasteiger partial charge in [0, 0.05) is 25.5 Å². The number of aliphatic hydroxyl groups is 1. The van der Waals surface area contributed by atoms with Gasteiger partial charge in [0.15, 0.2) is 0 Å². The van der Waals surface area contributed by atoms with Crippen LogP contribution >= 0.6 is 0 Å². The zero-order valence-electron chi connectivity index (χ0n) is 15.1. The van der Waals surface area contributed by atoms with Gasteiger partial charge in [0.25, 0.3) is 0 Å². The number of aromatic nitrogens is 6. The van der Waals surface area contributed by atoms with Crippen molar-refractivity contribution in [1.29, 1.82) is 0 Å². The SMILES string of the molecule is NC[C@@H](O)CNS(=O)(=O)c1ccc(Nc2ncc[nH]2)c(-c2nn[nH]n2)c1S(N)(=O)=O. The van der Waals surface area contributed by atoms with Crippen molar-refractivity contribution in [3.8, 4) is 11.4 Å². The number of hydrogen-bond donors (Lipinski definition) is 7. The van der Waals surface area contributed by atoms with Gasteiger partial charge in [0.2, 0.25) is 31.8 Å². The second-order valence-electron chi connectivity index (χ2n) is 5.90. The van der Waals surface area contributed by atoms with Gasteiger partial charge in [-0.2, -0.15) is 5.21 Å². The molecule has 15 nitrogen and oxygen atoms in total. The molecule has 2 heterocycles. The summed E-state index contributed by atoms with van der Waals surface area (Å²) in [5.41, 5.74) is 5.12. The Hall–Kier alpha value is -2.96. The van der Waals surface area contributed by atoms with Crippen molar-refractivity contribution in [2.75, 3.05) is 18.4 Å². The molecular weight excluding hydrogens is 440 g/mol. The zero-order chi connectivity index (χ0) is 21.9. The highest BCUT2D eigenvalue weighted by atomic mass is 32.2. The molecule has 0 amide bonds. The molecule has 2 aromatic heterocycles. The minimum Gasteiger partial charge on any atom is -0.390 e. The fourth-order valence-electron chi connectivity index (χ4n) is 2.48. The first kappa shape index (κ1) is 21.7. The number of nitrogens with two attached hydrogens (primary N) is 2. The minimum atomic E-state index is -4.62. The number of tetrazole rings is 1. The van der Waals surface area contributed by atoms with Crippen LogP contribution in [0.25, 0.3) is 11.4 Å². The van der Waals surface area contributed by atoms with Gasteiger partial charge in [0.05, 0.1) is 17.4 Å². The Kier molecular flexibility index (Phi) is 6.10. The van der Waals surface area contributed by atoms with Crippen LogP contribution in [0.3, 0.4) is 0 Å². The molecule has 0 fully saturated rings. The Balaban J connectivity index is 2.23. The molecule has 30 heavy (non-hydrogen) atoms. The molecule has 0 unspecified atom stereocenters. The van der Waals surface area contributed by atoms with Gasteiger partial charge in [-0.15, -0.1) is 10.2 Å². The van der Waals surface area contributed by atoms with Gasteiger partial charge in [-0.1, -0.05) is 0 Å². The first-order chi connectivity index (χ1) is 14.1. The number of nitrogens with one attached hydrogen (secondary N) is 4. The number of anilines is 2. The van der Waals surface area contributed by atoms with E-state index in [2.05, 4.69) is 40.6 Å². The van der Waals surface area contributed by atoms with Crippen molar-refractivity contribution in [3.05, 3.63) is 24.5 Å². The van der Waals surface area contributed by atoms with E-state index in [9.17, 15) is 21.9 Å². The Morgan fingerprint density at radius 1 is 1.23 bits per heavy atom. The van der Waals surface area contributed by atoms with Gasteiger partial charge in [-0.05, 0) is 17.3 Å². The minimum absolute atomic E-state index is 0.0938. The number of H-pyrrole nitrogens is 2. The Labute approximate surface area is 170 Å². The molecule has 0 radical (unpaired) electrons. The molecule has 9 N–H and O–H groups in total. The quantitative estimate of drug-likeness (QED) is 0.178. The second-order valence-corrected chi connectivity index (χ2v) is 9.13. The lowest BCUT2D eigenvalue weighted by Crippen LogP contribution is -2.36. The Morgan fingerprint density at radius 2 is 2.00 bits per heavy atom. The van der Waals surface area contributed by atoms with Gasteiger partial charge in [0.1, 0.15) is 9.79 Å². The number of benzene rings is 1. The highest BCUT2D eigenvalue weighted by molar-refractivity contribution is 7.92. The number of aliphatic hydroxyl groups excluding tert-OH is 1. The number of rotatable bonds is 9. The standard InChI is InChI=1S/C13H18N10O5S2/c14-5-7(24)6-18-30(27,28)9-2-1-8(19-13-16-3-4-17-13)10(11(9)29(15,25)26)12-20-22-23-21-12/h1-4,7,18,24H,5-6,14H2,(H2,15,25,26)(H2,16,17,19)(H,20,21,22,23)/t7-/m1/s1. The molecule has 1 atom stereocenters. The third-order valence-corrected chi connectivity index (χ3v) is 6.39. The van der Waals surface area contributed by atoms with E-state index in [1.165, 1.54) is 18.5 Å². The first-order valence-electron chi connectivity index (χ1n) is 8.21. The van der Waals surface area contributed by atoms with Crippen molar-refractivity contribution in [2.24, 2.45) is 10.9 Å². The van der Waals surface area contributed by atoms with E-state index in [4.69, 9.17) is 10.9 Å². The van der Waals surface area contributed by atoms with Crippen LogP contribution in [0.5, 0.6) is 0 Å². The Bertz CT molecular complexity index is 1210. The Morgan fingerprint density at radius 3 is 2.57 bits per heavy atom. The van der Waals surface area contributed by atoms with Crippen LogP contribution in [-0.4, -0.2) is 71.7 Å². The molecule has 1 aromatic carbocycles. The maximum atomic E-state index is 12.8. The number of hydrogen-bond acceptors (Lipinski definition) is 11. The van der Waals surface area contributed by atoms with E-state index in [0.29, 0.717) is 0 Å². The molecule has 0 aliphatic carbocycles. The summed E-state index contributed by atoms with van der Waals surface area (Å²) in [6.45, 7) is -0.641. The number of sulfonamides is 2. The monoisotopic (exact) mass is 458 g/mol. The molecule has 3 aromatic rings. The lowest BCUT2D eigenvalue weighted by Gasteiger charge is -2.17. The average Bonchev–Trinajstić information content (AvgIpc) is 3.39. The first-order valence-corrected chi connectivity index (χ1v) is 11.2. The van der Waals surface area contributed by atoms with Crippen LogP contribution in [0.1, 0.15) is 0 Å². The molecule has 3 rings (SSSR count). The van der Waals surface area contributed by atoms with Crippen molar-refractivity contribution < 1.29 is 21.9 Å². The van der Waals surface area contributed by atoms with Crippen LogP contribution in [0.4, 0.5) is 11.6 Å². The van der Waals surface area contributed by atoms with E-state index >= 15 is 0 Å². The van der Waals surface area contributed by atoms with Crippen molar-refractivity contribution in [1.82, 2.24) is 35.3 Å². The predicted octanol–water partition coefficient (Wildman–Crippen LogP) is -2.42. The van der Waals surface area contributed by atoms with Crippen molar-refractivity contribution >= 4 is 31.7 Å². The van der Waals surface area contributed by atoms with Crippen LogP contribution < -0.4 is 20.9 Å². The van der Waals surface area contributed by atoms with Crippen molar-refractivity contribution in [2.45, 2.75) is 15.9 Å². The van der Waals surface area contributed by atoms with Crippen LogP contribution in [-0.2, 0) is 20.0 Å². The summed E-state index contributed by atoms with van der Waals surface area (Å²) in [5, 5.41) is 30.8. The number of imidazole rings is 1. The smallest absolute Gasteiger partial charge is 0.242 e. The fourth-order valence-corrected chi connectivity index (χ4v) is 5.15. The van der Waals surface area contributed by atoms with E-state index in [0.717, 1.165) is 6.07 Å². The van der Waals surface area contributed by atoms with Gasteiger partial charge in [-0.25, -0.2) is 31.7 Å². The van der Waals surface area contributed by atoms with Crippen LogP contribution in [0.2, 0.25) is 0 Å². The second kappa shape index (κ2) is 8.42. The van der Waals surface area contributed by atoms with E-state index < -0.39 is 42.5 Å². The molecule has 17 heteroatoms. The molecule has 0 saturated heterocycles. The topological polar surface area (TPSA) is 248 Å². The number of aromatic amines is 2. The third kappa shape index (κ3) is 4.61. The third-order valence-electron chi connectivity index (χ3n) is 3.80. The average molecular weight is 458 g/mol. The highest BCUT2D eigenvalue weighted by Crippen LogP contribution is 2.37. The van der Waals surface area contributed by atoms with E-state index in [1.54, 1.807) is 0 Å². The zero-order valence-corrected chi connectivity index (χ0v) is 16.8. The number of primary sulfonamides is 1. The molecule has 0 saturated carbocycles. The van der Waals surface area contributed by atoms with Crippen molar-refractivity contribution in [3.63, 3.8) is 0 Å². The van der Waals surface area contributed by atoms with Crippen LogP contribution in [0, 0.1) is 0 Å². The fraction of sp³-hybridized carbons (Fsp3) is 0.231. The predicted molar refractivity (Wildman–Crippen MR) is 103 cm³/mol.